The number of rotatable bonds is 1. The average Bonchev–Trinajstić information content (AvgIpc) is 1.90. The van der Waals surface area contributed by atoms with E-state index in [1.165, 1.54) is 12.4 Å². The van der Waals surface area contributed by atoms with E-state index in [4.69, 9.17) is 4.74 Å². The normalized spacial score (nSPS) is 9.11. The van der Waals surface area contributed by atoms with Gasteiger partial charge in [-0.15, -0.1) is 12.6 Å². The summed E-state index contributed by atoms with van der Waals surface area (Å²) in [6.07, 6.45) is 3.05. The summed E-state index contributed by atoms with van der Waals surface area (Å²) in [6, 6.07) is 0. The monoisotopic (exact) mass is 142 g/mol. The number of hydrogen-bond acceptors (Lipinski definition) is 4. The smallest absolute Gasteiger partial charge is 0.232 e. The molecule has 0 N–H and O–H groups in total. The zero-order chi connectivity index (χ0) is 6.69. The van der Waals surface area contributed by atoms with E-state index >= 15 is 0 Å². The summed E-state index contributed by atoms with van der Waals surface area (Å²) < 4.78 is 4.76. The molecule has 0 saturated heterocycles. The lowest BCUT2D eigenvalue weighted by Crippen LogP contribution is -1.87. The molecule has 0 spiro atoms. The Morgan fingerprint density at radius 2 is 2.22 bits per heavy atom. The summed E-state index contributed by atoms with van der Waals surface area (Å²) in [6.45, 7) is 0. The highest BCUT2D eigenvalue weighted by molar-refractivity contribution is 7.80. The summed E-state index contributed by atoms with van der Waals surface area (Å²) >= 11 is 3.94. The Balaban J connectivity index is 2.88. The molecule has 1 rings (SSSR count). The second-order valence-corrected chi connectivity index (χ2v) is 1.88. The molecule has 4 heteroatoms. The molecule has 0 radical (unpaired) electrons. The van der Waals surface area contributed by atoms with Crippen molar-refractivity contribution in [3.8, 4) is 5.88 Å². The van der Waals surface area contributed by atoms with Crippen LogP contribution in [0.2, 0.25) is 0 Å². The fraction of sp³-hybridized carbons (Fsp3) is 0.200. The van der Waals surface area contributed by atoms with Crippen LogP contribution < -0.4 is 4.74 Å². The van der Waals surface area contributed by atoms with Crippen LogP contribution in [0.3, 0.4) is 0 Å². The van der Waals surface area contributed by atoms with E-state index in [0.717, 1.165) is 0 Å². The topological polar surface area (TPSA) is 35.0 Å². The van der Waals surface area contributed by atoms with Crippen molar-refractivity contribution in [1.29, 1.82) is 0 Å². The summed E-state index contributed by atoms with van der Waals surface area (Å²) in [4.78, 5) is 7.66. The molecular weight excluding hydrogens is 136 g/mol. The van der Waals surface area contributed by atoms with Gasteiger partial charge in [-0.3, -0.25) is 0 Å². The molecule has 0 atom stereocenters. The minimum atomic E-state index is 0.507. The van der Waals surface area contributed by atoms with Crippen molar-refractivity contribution in [3.05, 3.63) is 12.4 Å². The predicted octanol–water partition coefficient (Wildman–Crippen LogP) is 0.774. The SMILES string of the molecule is COc1cnc(S)cn1. The van der Waals surface area contributed by atoms with Crippen molar-refractivity contribution in [1.82, 2.24) is 9.97 Å². The number of nitrogens with zero attached hydrogens (tertiary/aromatic N) is 2. The first-order valence-electron chi connectivity index (χ1n) is 2.38. The predicted molar refractivity (Wildman–Crippen MR) is 35.8 cm³/mol. The molecule has 0 aliphatic heterocycles. The number of hydrogen-bond donors (Lipinski definition) is 1. The minimum absolute atomic E-state index is 0.507. The van der Waals surface area contributed by atoms with E-state index in [1.54, 1.807) is 7.11 Å². The molecule has 3 nitrogen and oxygen atoms in total. The molecule has 0 amide bonds. The van der Waals surface area contributed by atoms with Crippen LogP contribution in [0.5, 0.6) is 5.88 Å². The first-order chi connectivity index (χ1) is 4.33. The fourth-order valence-corrected chi connectivity index (χ4v) is 0.530. The number of aromatic nitrogens is 2. The van der Waals surface area contributed by atoms with Gasteiger partial charge in [0.2, 0.25) is 5.88 Å². The van der Waals surface area contributed by atoms with Crippen LogP contribution in [-0.2, 0) is 0 Å². The van der Waals surface area contributed by atoms with Crippen molar-refractivity contribution in [3.63, 3.8) is 0 Å². The standard InChI is InChI=1S/C5H6N2OS/c1-8-4-2-7-5(9)3-6-4/h2-3H,1H3,(H,7,9). The van der Waals surface area contributed by atoms with Gasteiger partial charge in [-0.25, -0.2) is 9.97 Å². The Hall–Kier alpha value is -0.770. The average molecular weight is 142 g/mol. The molecule has 48 valence electrons. The molecule has 1 aromatic heterocycles. The Morgan fingerprint density at radius 1 is 1.44 bits per heavy atom. The van der Waals surface area contributed by atoms with E-state index in [2.05, 4.69) is 22.6 Å². The first-order valence-corrected chi connectivity index (χ1v) is 2.82. The van der Waals surface area contributed by atoms with Crippen LogP contribution in [0.1, 0.15) is 0 Å². The molecule has 1 heterocycles. The Bertz CT molecular complexity index is 187. The summed E-state index contributed by atoms with van der Waals surface area (Å²) in [5, 5.41) is 0.593. The van der Waals surface area contributed by atoms with Crippen LogP contribution in [0.25, 0.3) is 0 Å². The van der Waals surface area contributed by atoms with E-state index in [0.29, 0.717) is 10.9 Å². The largest absolute Gasteiger partial charge is 0.480 e. The fourth-order valence-electron chi connectivity index (χ4n) is 0.415. The molecule has 0 aromatic carbocycles. The lowest BCUT2D eigenvalue weighted by atomic mass is 10.7. The van der Waals surface area contributed by atoms with Crippen molar-refractivity contribution in [2.75, 3.05) is 7.11 Å². The maximum atomic E-state index is 4.76. The van der Waals surface area contributed by atoms with Crippen molar-refractivity contribution >= 4 is 12.6 Å². The van der Waals surface area contributed by atoms with Crippen LogP contribution >= 0.6 is 12.6 Å². The van der Waals surface area contributed by atoms with Crippen LogP contribution in [0, 0.1) is 0 Å². The van der Waals surface area contributed by atoms with E-state index in [1.807, 2.05) is 0 Å². The van der Waals surface area contributed by atoms with E-state index in [-0.39, 0.29) is 0 Å². The van der Waals surface area contributed by atoms with Gasteiger partial charge in [0.05, 0.1) is 19.5 Å². The van der Waals surface area contributed by atoms with Gasteiger partial charge in [-0.05, 0) is 0 Å². The van der Waals surface area contributed by atoms with Gasteiger partial charge in [0, 0.05) is 0 Å². The zero-order valence-electron chi connectivity index (χ0n) is 4.90. The maximum absolute atomic E-state index is 4.76. The highest BCUT2D eigenvalue weighted by Gasteiger charge is 1.89. The Kier molecular flexibility index (Phi) is 1.89. The summed E-state index contributed by atoms with van der Waals surface area (Å²) in [5.41, 5.74) is 0. The van der Waals surface area contributed by atoms with Gasteiger partial charge in [0.1, 0.15) is 5.03 Å². The van der Waals surface area contributed by atoms with Crippen molar-refractivity contribution < 1.29 is 4.74 Å². The Morgan fingerprint density at radius 3 is 2.67 bits per heavy atom. The quantitative estimate of drug-likeness (QED) is 0.588. The third kappa shape index (κ3) is 1.57. The molecule has 1 aromatic rings. The van der Waals surface area contributed by atoms with E-state index < -0.39 is 0 Å². The molecule has 0 saturated carbocycles. The molecule has 0 aliphatic rings. The third-order valence-corrected chi connectivity index (χ3v) is 1.05. The number of methoxy groups -OCH3 is 1. The second-order valence-electron chi connectivity index (χ2n) is 1.42. The minimum Gasteiger partial charge on any atom is -0.480 e. The molecule has 0 aliphatic carbocycles. The van der Waals surface area contributed by atoms with Crippen molar-refractivity contribution in [2.45, 2.75) is 5.03 Å². The molecule has 0 unspecified atom stereocenters. The lowest BCUT2D eigenvalue weighted by Gasteiger charge is -1.94. The summed E-state index contributed by atoms with van der Waals surface area (Å²) in [7, 11) is 1.54. The Labute approximate surface area is 58.5 Å². The second kappa shape index (κ2) is 2.68. The van der Waals surface area contributed by atoms with Gasteiger partial charge in [0.25, 0.3) is 0 Å². The van der Waals surface area contributed by atoms with Gasteiger partial charge in [0.15, 0.2) is 0 Å². The summed E-state index contributed by atoms with van der Waals surface area (Å²) in [5.74, 6) is 0.507. The first kappa shape index (κ1) is 6.35. The van der Waals surface area contributed by atoms with Crippen molar-refractivity contribution in [2.24, 2.45) is 0 Å². The maximum Gasteiger partial charge on any atom is 0.232 e. The lowest BCUT2D eigenvalue weighted by molar-refractivity contribution is 0.394. The van der Waals surface area contributed by atoms with Gasteiger partial charge < -0.3 is 4.74 Å². The van der Waals surface area contributed by atoms with Gasteiger partial charge >= 0.3 is 0 Å². The highest BCUT2D eigenvalue weighted by Crippen LogP contribution is 2.03. The van der Waals surface area contributed by atoms with Gasteiger partial charge in [-0.2, -0.15) is 0 Å². The highest BCUT2D eigenvalue weighted by atomic mass is 32.1. The number of ether oxygens (including phenoxy) is 1. The third-order valence-electron chi connectivity index (χ3n) is 0.824. The molecular formula is C5H6N2OS. The van der Waals surface area contributed by atoms with Crippen LogP contribution in [0.15, 0.2) is 17.4 Å². The molecule has 9 heavy (non-hydrogen) atoms. The van der Waals surface area contributed by atoms with E-state index in [9.17, 15) is 0 Å². The van der Waals surface area contributed by atoms with Gasteiger partial charge in [-0.1, -0.05) is 0 Å². The van der Waals surface area contributed by atoms with Crippen LogP contribution in [-0.4, -0.2) is 17.1 Å². The molecule has 0 bridgehead atoms. The number of thiol groups is 1. The van der Waals surface area contributed by atoms with Crippen LogP contribution in [0.4, 0.5) is 0 Å². The zero-order valence-corrected chi connectivity index (χ0v) is 5.80. The molecule has 0 fully saturated rings.